The summed E-state index contributed by atoms with van der Waals surface area (Å²) in [5, 5.41) is 2.63. The molecule has 0 radical (unpaired) electrons. The molecule has 2 heterocycles. The third kappa shape index (κ3) is 5.54. The van der Waals surface area contributed by atoms with Crippen LogP contribution in [0.5, 0.6) is 0 Å². The van der Waals surface area contributed by atoms with Crippen molar-refractivity contribution in [3.63, 3.8) is 0 Å². The van der Waals surface area contributed by atoms with Crippen molar-refractivity contribution in [2.24, 2.45) is 0 Å². The van der Waals surface area contributed by atoms with Crippen LogP contribution < -0.4 is 0 Å². The summed E-state index contributed by atoms with van der Waals surface area (Å²) in [5.74, 6) is 0.712. The average Bonchev–Trinajstić information content (AvgIpc) is 3.80. The molecule has 10 aromatic rings. The van der Waals surface area contributed by atoms with Crippen LogP contribution in [-0.4, -0.2) is 9.97 Å². The van der Waals surface area contributed by atoms with Crippen molar-refractivity contribution in [3.8, 4) is 67.3 Å². The molecule has 8 aromatic carbocycles. The number of rotatable bonds is 6. The second-order valence-corrected chi connectivity index (χ2v) is 16.1. The molecule has 2 aromatic heterocycles. The van der Waals surface area contributed by atoms with E-state index < -0.39 is 0 Å². The predicted molar refractivity (Wildman–Crippen MR) is 240 cm³/mol. The van der Waals surface area contributed by atoms with E-state index in [1.807, 2.05) is 29.5 Å². The average molecular weight is 745 g/mol. The molecule has 0 aliphatic heterocycles. The summed E-state index contributed by atoms with van der Waals surface area (Å²) in [7, 11) is 0. The topological polar surface area (TPSA) is 25.8 Å². The molecule has 2 nitrogen and oxygen atoms in total. The predicted octanol–water partition coefficient (Wildman–Crippen LogP) is 14.5. The van der Waals surface area contributed by atoms with Crippen molar-refractivity contribution in [2.45, 2.75) is 12.3 Å². The zero-order valence-corrected chi connectivity index (χ0v) is 32.2. The fourth-order valence-electron chi connectivity index (χ4n) is 8.88. The van der Waals surface area contributed by atoms with Gasteiger partial charge < -0.3 is 0 Å². The highest BCUT2D eigenvalue weighted by Crippen LogP contribution is 2.53. The Hall–Kier alpha value is -6.94. The van der Waals surface area contributed by atoms with Crippen LogP contribution in [0.3, 0.4) is 0 Å². The molecule has 0 saturated carbocycles. The molecule has 0 saturated heterocycles. The van der Waals surface area contributed by atoms with E-state index in [9.17, 15) is 0 Å². The van der Waals surface area contributed by atoms with Crippen LogP contribution in [0.2, 0.25) is 0 Å². The molecule has 11 rings (SSSR count). The van der Waals surface area contributed by atoms with E-state index >= 15 is 0 Å². The lowest BCUT2D eigenvalue weighted by Gasteiger charge is -2.28. The Labute approximate surface area is 336 Å². The molecule has 0 amide bonds. The highest BCUT2D eigenvalue weighted by atomic mass is 32.1. The molecule has 0 fully saturated rings. The Morgan fingerprint density at radius 1 is 0.386 bits per heavy atom. The largest absolute Gasteiger partial charge is 0.228 e. The number of fused-ring (bicyclic) bond motifs is 6. The van der Waals surface area contributed by atoms with Gasteiger partial charge in [0, 0.05) is 42.3 Å². The van der Waals surface area contributed by atoms with Crippen molar-refractivity contribution in [2.75, 3.05) is 0 Å². The number of aromatic nitrogens is 2. The highest BCUT2D eigenvalue weighted by Gasteiger charge is 2.40. The Balaban J connectivity index is 0.963. The van der Waals surface area contributed by atoms with Gasteiger partial charge in [-0.05, 0) is 81.3 Å². The molecule has 0 spiro atoms. The number of hydrogen-bond acceptors (Lipinski definition) is 3. The molecule has 3 heteroatoms. The van der Waals surface area contributed by atoms with Crippen molar-refractivity contribution in [3.05, 3.63) is 217 Å². The fraction of sp³-hybridized carbons (Fsp3) is 0.0370. The zero-order chi connectivity index (χ0) is 37.9. The molecule has 1 atom stereocenters. The first-order valence-electron chi connectivity index (χ1n) is 19.5. The van der Waals surface area contributed by atoms with Gasteiger partial charge in [0.1, 0.15) is 0 Å². The highest BCUT2D eigenvalue weighted by molar-refractivity contribution is 7.25. The Kier molecular flexibility index (Phi) is 7.84. The first-order chi connectivity index (χ1) is 28.1. The number of hydrogen-bond donors (Lipinski definition) is 0. The van der Waals surface area contributed by atoms with E-state index in [2.05, 4.69) is 189 Å². The SMILES string of the molecule is CC1(c2ccccc2)c2ccccc2-c2ccc(-c3ccc(-c4cc(-c5ccc(-c6cccc7sc8ccccc8c67)cc5)nc(-c5ccccc5)n4)cc3)cc21. The van der Waals surface area contributed by atoms with Crippen LogP contribution in [0.1, 0.15) is 23.6 Å². The Morgan fingerprint density at radius 2 is 0.947 bits per heavy atom. The van der Waals surface area contributed by atoms with Gasteiger partial charge in [0.05, 0.1) is 11.4 Å². The molecule has 1 aliphatic carbocycles. The van der Waals surface area contributed by atoms with Gasteiger partial charge in [-0.1, -0.05) is 176 Å². The lowest BCUT2D eigenvalue weighted by molar-refractivity contribution is 0.714. The molecule has 0 bridgehead atoms. The summed E-state index contributed by atoms with van der Waals surface area (Å²) in [6, 6.07) is 72.2. The summed E-state index contributed by atoms with van der Waals surface area (Å²) in [4.78, 5) is 10.3. The third-order valence-electron chi connectivity index (χ3n) is 11.8. The van der Waals surface area contributed by atoms with Crippen LogP contribution in [0, 0.1) is 0 Å². The minimum absolute atomic E-state index is 0.238. The fourth-order valence-corrected chi connectivity index (χ4v) is 10.0. The summed E-state index contributed by atoms with van der Waals surface area (Å²) < 4.78 is 2.63. The maximum absolute atomic E-state index is 5.14. The van der Waals surface area contributed by atoms with Crippen LogP contribution in [0.4, 0.5) is 0 Å². The third-order valence-corrected chi connectivity index (χ3v) is 13.0. The molecular formula is C54H36N2S. The van der Waals surface area contributed by atoms with E-state index in [0.717, 1.165) is 28.1 Å². The van der Waals surface area contributed by atoms with Gasteiger partial charge in [0.25, 0.3) is 0 Å². The molecule has 57 heavy (non-hydrogen) atoms. The normalized spacial score (nSPS) is 14.5. The first kappa shape index (κ1) is 33.4. The van der Waals surface area contributed by atoms with Crippen LogP contribution in [0.25, 0.3) is 87.5 Å². The molecule has 268 valence electrons. The van der Waals surface area contributed by atoms with E-state index in [4.69, 9.17) is 9.97 Å². The summed E-state index contributed by atoms with van der Waals surface area (Å²) in [6.45, 7) is 2.37. The van der Waals surface area contributed by atoms with E-state index in [-0.39, 0.29) is 5.41 Å². The zero-order valence-electron chi connectivity index (χ0n) is 31.4. The minimum atomic E-state index is -0.238. The second kappa shape index (κ2) is 13.4. The minimum Gasteiger partial charge on any atom is -0.228 e. The van der Waals surface area contributed by atoms with Crippen LogP contribution in [0.15, 0.2) is 200 Å². The van der Waals surface area contributed by atoms with Gasteiger partial charge >= 0.3 is 0 Å². The summed E-state index contributed by atoms with van der Waals surface area (Å²) in [6.07, 6.45) is 0. The van der Waals surface area contributed by atoms with Gasteiger partial charge in [0.15, 0.2) is 5.82 Å². The number of benzene rings is 8. The lowest BCUT2D eigenvalue weighted by atomic mass is 9.74. The van der Waals surface area contributed by atoms with Crippen LogP contribution >= 0.6 is 11.3 Å². The van der Waals surface area contributed by atoms with E-state index in [1.54, 1.807) is 0 Å². The Morgan fingerprint density at radius 3 is 1.70 bits per heavy atom. The van der Waals surface area contributed by atoms with Gasteiger partial charge in [0.2, 0.25) is 0 Å². The number of thiophene rings is 1. The van der Waals surface area contributed by atoms with Gasteiger partial charge in [-0.3, -0.25) is 0 Å². The maximum atomic E-state index is 5.14. The van der Waals surface area contributed by atoms with E-state index in [1.165, 1.54) is 70.2 Å². The van der Waals surface area contributed by atoms with E-state index in [0.29, 0.717) is 5.82 Å². The van der Waals surface area contributed by atoms with Crippen molar-refractivity contribution in [1.29, 1.82) is 0 Å². The standard InChI is InChI=1S/C54H36N2S/c1-54(41-15-6-3-7-16-41)46-20-10-8-17-43(46)44-32-31-40(33-47(44)54)35-23-27-37(28-24-35)48-34-49(56-53(55-48)39-13-4-2-5-14-39)38-29-25-36(26-30-38)42-19-12-22-51-52(42)45-18-9-11-21-50(45)57-51/h2-34H,1H3. The van der Waals surface area contributed by atoms with Crippen LogP contribution in [-0.2, 0) is 5.41 Å². The summed E-state index contributed by atoms with van der Waals surface area (Å²) in [5.41, 5.74) is 16.1. The molecule has 0 N–H and O–H groups in total. The maximum Gasteiger partial charge on any atom is 0.160 e. The lowest BCUT2D eigenvalue weighted by Crippen LogP contribution is -2.22. The monoisotopic (exact) mass is 744 g/mol. The Bertz CT molecular complexity index is 3110. The van der Waals surface area contributed by atoms with Gasteiger partial charge in [-0.2, -0.15) is 0 Å². The van der Waals surface area contributed by atoms with Crippen molar-refractivity contribution < 1.29 is 0 Å². The summed E-state index contributed by atoms with van der Waals surface area (Å²) >= 11 is 1.85. The molecule has 1 aliphatic rings. The first-order valence-corrected chi connectivity index (χ1v) is 20.3. The smallest absolute Gasteiger partial charge is 0.160 e. The second-order valence-electron chi connectivity index (χ2n) is 15.1. The quantitative estimate of drug-likeness (QED) is 0.169. The molecular weight excluding hydrogens is 709 g/mol. The van der Waals surface area contributed by atoms with Crippen molar-refractivity contribution in [1.82, 2.24) is 9.97 Å². The van der Waals surface area contributed by atoms with Gasteiger partial charge in [-0.15, -0.1) is 11.3 Å². The van der Waals surface area contributed by atoms with Crippen molar-refractivity contribution >= 4 is 31.5 Å². The number of nitrogens with zero attached hydrogens (tertiary/aromatic N) is 2. The van der Waals surface area contributed by atoms with Gasteiger partial charge in [-0.25, -0.2) is 9.97 Å². The molecule has 1 unspecified atom stereocenters.